The van der Waals surface area contributed by atoms with E-state index in [0.717, 1.165) is 24.0 Å². The van der Waals surface area contributed by atoms with Crippen molar-refractivity contribution in [2.75, 3.05) is 13.1 Å². The van der Waals surface area contributed by atoms with Crippen LogP contribution in [0.25, 0.3) is 6.08 Å². The smallest absolute Gasteiger partial charge is 0.247 e. The molecule has 34 heavy (non-hydrogen) atoms. The van der Waals surface area contributed by atoms with E-state index >= 15 is 0 Å². The van der Waals surface area contributed by atoms with Crippen LogP contribution in [0.5, 0.6) is 0 Å². The third kappa shape index (κ3) is 5.31. The summed E-state index contributed by atoms with van der Waals surface area (Å²) in [6, 6.07) is 20.2. The number of amides is 2. The van der Waals surface area contributed by atoms with Crippen LogP contribution in [0.15, 0.2) is 72.1 Å². The Morgan fingerprint density at radius 3 is 2.56 bits per heavy atom. The lowest BCUT2D eigenvalue weighted by molar-refractivity contribution is -0.141. The van der Waals surface area contributed by atoms with Crippen molar-refractivity contribution in [3.8, 4) is 0 Å². The van der Waals surface area contributed by atoms with Crippen molar-refractivity contribution in [3.63, 3.8) is 0 Å². The van der Waals surface area contributed by atoms with Crippen molar-refractivity contribution in [2.45, 2.75) is 45.7 Å². The molecular weight excluding hydrogens is 440 g/mol. The van der Waals surface area contributed by atoms with Gasteiger partial charge in [0, 0.05) is 23.5 Å². The molecule has 0 N–H and O–H groups in total. The summed E-state index contributed by atoms with van der Waals surface area (Å²) in [6.45, 7) is 6.86. The van der Waals surface area contributed by atoms with Gasteiger partial charge in [0.1, 0.15) is 6.54 Å². The summed E-state index contributed by atoms with van der Waals surface area (Å²) < 4.78 is 0. The summed E-state index contributed by atoms with van der Waals surface area (Å²) in [4.78, 5) is 31.9. The first-order valence-corrected chi connectivity index (χ1v) is 12.8. The van der Waals surface area contributed by atoms with E-state index < -0.39 is 0 Å². The number of thiophene rings is 1. The lowest BCUT2D eigenvalue weighted by atomic mass is 9.92. The molecule has 176 valence electrons. The monoisotopic (exact) mass is 472 g/mol. The van der Waals surface area contributed by atoms with Crippen molar-refractivity contribution in [3.05, 3.63) is 99.3 Å². The lowest BCUT2D eigenvalue weighted by Gasteiger charge is -2.38. The Morgan fingerprint density at radius 1 is 1.12 bits per heavy atom. The van der Waals surface area contributed by atoms with E-state index in [0.29, 0.717) is 6.54 Å². The zero-order chi connectivity index (χ0) is 24.1. The second-order valence-corrected chi connectivity index (χ2v) is 9.92. The molecule has 4 rings (SSSR count). The number of carbonyl (C=O) groups excluding carboxylic acids is 2. The van der Waals surface area contributed by atoms with Crippen molar-refractivity contribution < 1.29 is 9.59 Å². The number of hydrogen-bond donors (Lipinski definition) is 0. The molecule has 0 bridgehead atoms. The van der Waals surface area contributed by atoms with Crippen LogP contribution in [-0.4, -0.2) is 40.7 Å². The van der Waals surface area contributed by atoms with Crippen LogP contribution in [0.1, 0.15) is 53.4 Å². The van der Waals surface area contributed by atoms with Crippen LogP contribution in [0, 0.1) is 6.92 Å². The largest absolute Gasteiger partial charge is 0.330 e. The first kappa shape index (κ1) is 24.0. The van der Waals surface area contributed by atoms with Crippen LogP contribution < -0.4 is 0 Å². The molecule has 1 aliphatic rings. The molecule has 1 aliphatic heterocycles. The molecule has 0 spiro atoms. The Kier molecular flexibility index (Phi) is 7.63. The van der Waals surface area contributed by atoms with Gasteiger partial charge < -0.3 is 9.80 Å². The van der Waals surface area contributed by atoms with Crippen molar-refractivity contribution >= 4 is 29.2 Å². The molecule has 0 saturated heterocycles. The highest BCUT2D eigenvalue weighted by atomic mass is 32.1. The average Bonchev–Trinajstić information content (AvgIpc) is 3.35. The zero-order valence-electron chi connectivity index (χ0n) is 20.1. The Bertz CT molecular complexity index is 1150. The van der Waals surface area contributed by atoms with Gasteiger partial charge >= 0.3 is 0 Å². The standard InChI is InChI=1S/C29H32N2O2S/c1-4-22(3)31(27(32)15-12-23-8-6-5-7-9-23)20-28(33)30-18-16-26-25(17-19-34-26)29(30)24-13-10-21(2)11-14-24/h5-15,17,19,22,29H,4,16,18,20H2,1-3H3/b15-12+. The quantitative estimate of drug-likeness (QED) is 0.404. The number of benzene rings is 2. The van der Waals surface area contributed by atoms with Crippen LogP contribution in [0.2, 0.25) is 0 Å². The first-order chi connectivity index (χ1) is 16.5. The lowest BCUT2D eigenvalue weighted by Crippen LogP contribution is -2.48. The molecule has 2 atom stereocenters. The number of rotatable bonds is 7. The molecule has 1 aromatic heterocycles. The van der Waals surface area contributed by atoms with Gasteiger partial charge in [0.15, 0.2) is 0 Å². The van der Waals surface area contributed by atoms with Gasteiger partial charge in [-0.05, 0) is 60.9 Å². The van der Waals surface area contributed by atoms with E-state index in [1.54, 1.807) is 22.3 Å². The Labute approximate surface area is 206 Å². The highest BCUT2D eigenvalue weighted by Crippen LogP contribution is 2.38. The fourth-order valence-corrected chi connectivity index (χ4v) is 5.33. The Balaban J connectivity index is 1.58. The zero-order valence-corrected chi connectivity index (χ0v) is 20.9. The van der Waals surface area contributed by atoms with Gasteiger partial charge in [-0.2, -0.15) is 0 Å². The summed E-state index contributed by atoms with van der Waals surface area (Å²) in [7, 11) is 0. The third-order valence-corrected chi connectivity index (χ3v) is 7.61. The third-order valence-electron chi connectivity index (χ3n) is 6.61. The topological polar surface area (TPSA) is 40.6 Å². The van der Waals surface area contributed by atoms with E-state index in [1.807, 2.05) is 55.2 Å². The van der Waals surface area contributed by atoms with Gasteiger partial charge in [0.25, 0.3) is 0 Å². The molecular formula is C29H32N2O2S. The maximum Gasteiger partial charge on any atom is 0.247 e. The van der Waals surface area contributed by atoms with Crippen LogP contribution in [-0.2, 0) is 16.0 Å². The van der Waals surface area contributed by atoms with E-state index in [9.17, 15) is 9.59 Å². The van der Waals surface area contributed by atoms with Crippen LogP contribution >= 0.6 is 11.3 Å². The van der Waals surface area contributed by atoms with Crippen molar-refractivity contribution in [1.82, 2.24) is 9.80 Å². The van der Waals surface area contributed by atoms with Crippen LogP contribution in [0.3, 0.4) is 0 Å². The van der Waals surface area contributed by atoms with E-state index in [2.05, 4.69) is 42.6 Å². The van der Waals surface area contributed by atoms with E-state index in [4.69, 9.17) is 0 Å². The minimum Gasteiger partial charge on any atom is -0.330 e. The molecule has 5 heteroatoms. The molecule has 0 radical (unpaired) electrons. The van der Waals surface area contributed by atoms with Gasteiger partial charge in [-0.3, -0.25) is 9.59 Å². The van der Waals surface area contributed by atoms with Crippen LogP contribution in [0.4, 0.5) is 0 Å². The fourth-order valence-electron chi connectivity index (χ4n) is 4.43. The molecule has 0 fully saturated rings. The number of aryl methyl sites for hydroxylation is 1. The Morgan fingerprint density at radius 2 is 1.85 bits per heavy atom. The molecule has 2 heterocycles. The van der Waals surface area contributed by atoms with Crippen molar-refractivity contribution in [1.29, 1.82) is 0 Å². The van der Waals surface area contributed by atoms with E-state index in [-0.39, 0.29) is 30.4 Å². The molecule has 4 nitrogen and oxygen atoms in total. The minimum absolute atomic E-state index is 0.0100. The number of carbonyl (C=O) groups is 2. The first-order valence-electron chi connectivity index (χ1n) is 11.9. The van der Waals surface area contributed by atoms with Gasteiger partial charge in [0.2, 0.25) is 11.8 Å². The summed E-state index contributed by atoms with van der Waals surface area (Å²) in [5.41, 5.74) is 4.48. The SMILES string of the molecule is CCC(C)N(CC(=O)N1CCc2sccc2C1c1ccc(C)cc1)C(=O)/C=C/c1ccccc1. The second kappa shape index (κ2) is 10.8. The van der Waals surface area contributed by atoms with Gasteiger partial charge in [-0.15, -0.1) is 11.3 Å². The summed E-state index contributed by atoms with van der Waals surface area (Å²) in [6.07, 6.45) is 5.04. The molecule has 0 saturated carbocycles. The van der Waals surface area contributed by atoms with Gasteiger partial charge in [0.05, 0.1) is 6.04 Å². The molecule has 2 unspecified atom stereocenters. The molecule has 2 amide bonds. The van der Waals surface area contributed by atoms with Gasteiger partial charge in [-0.25, -0.2) is 0 Å². The van der Waals surface area contributed by atoms with E-state index in [1.165, 1.54) is 16.0 Å². The van der Waals surface area contributed by atoms with Gasteiger partial charge in [-0.1, -0.05) is 67.1 Å². The number of nitrogens with zero attached hydrogens (tertiary/aromatic N) is 2. The molecule has 3 aromatic rings. The average molecular weight is 473 g/mol. The molecule has 2 aromatic carbocycles. The summed E-state index contributed by atoms with van der Waals surface area (Å²) in [5.74, 6) is -0.143. The summed E-state index contributed by atoms with van der Waals surface area (Å²) in [5, 5.41) is 2.11. The Hall–Kier alpha value is -3.18. The minimum atomic E-state index is -0.133. The normalized spacial score (nSPS) is 16.3. The highest BCUT2D eigenvalue weighted by Gasteiger charge is 2.34. The maximum atomic E-state index is 13.7. The number of fused-ring (bicyclic) bond motifs is 1. The second-order valence-electron chi connectivity index (χ2n) is 8.92. The molecule has 0 aliphatic carbocycles. The summed E-state index contributed by atoms with van der Waals surface area (Å²) >= 11 is 1.76. The number of hydrogen-bond acceptors (Lipinski definition) is 3. The van der Waals surface area contributed by atoms with Crippen molar-refractivity contribution in [2.24, 2.45) is 0 Å². The predicted molar refractivity (Wildman–Crippen MR) is 140 cm³/mol. The maximum absolute atomic E-state index is 13.7. The fraction of sp³-hybridized carbons (Fsp3) is 0.310. The highest BCUT2D eigenvalue weighted by molar-refractivity contribution is 7.10. The predicted octanol–water partition coefficient (Wildman–Crippen LogP) is 5.87.